The van der Waals surface area contributed by atoms with Gasteiger partial charge in [-0.1, -0.05) is 51.9 Å². The standard InChI is InChI=1S/C15H29NO3/c1-2-3-4-5-6-7-8-9-10-13-11-16-14(12-17)15(18)19-13/h13-14,16-17H,2-12H2,1H3. The Morgan fingerprint density at radius 1 is 1.16 bits per heavy atom. The maximum Gasteiger partial charge on any atom is 0.325 e. The summed E-state index contributed by atoms with van der Waals surface area (Å²) in [5.41, 5.74) is 0. The van der Waals surface area contributed by atoms with Crippen molar-refractivity contribution in [2.75, 3.05) is 13.2 Å². The Labute approximate surface area is 116 Å². The molecule has 0 aromatic carbocycles. The highest BCUT2D eigenvalue weighted by atomic mass is 16.5. The Hall–Kier alpha value is -0.610. The number of nitrogens with one attached hydrogen (secondary N) is 1. The lowest BCUT2D eigenvalue weighted by atomic mass is 10.0. The molecule has 112 valence electrons. The third-order valence-electron chi connectivity index (χ3n) is 3.72. The van der Waals surface area contributed by atoms with Crippen LogP contribution in [0.1, 0.15) is 64.7 Å². The first kappa shape index (κ1) is 16.4. The summed E-state index contributed by atoms with van der Waals surface area (Å²) in [6.45, 7) is 2.73. The lowest BCUT2D eigenvalue weighted by Gasteiger charge is -2.28. The predicted molar refractivity (Wildman–Crippen MR) is 76.0 cm³/mol. The Balaban J connectivity index is 1.94. The molecule has 1 aliphatic rings. The molecule has 1 aliphatic heterocycles. The molecule has 0 aromatic rings. The van der Waals surface area contributed by atoms with Crippen LogP contribution in [0.25, 0.3) is 0 Å². The molecule has 2 N–H and O–H groups in total. The van der Waals surface area contributed by atoms with E-state index in [1.54, 1.807) is 0 Å². The molecule has 1 rings (SSSR count). The number of unbranched alkanes of at least 4 members (excludes halogenated alkanes) is 7. The number of hydrogen-bond acceptors (Lipinski definition) is 4. The van der Waals surface area contributed by atoms with Crippen LogP contribution >= 0.6 is 0 Å². The van der Waals surface area contributed by atoms with Gasteiger partial charge in [0, 0.05) is 6.54 Å². The van der Waals surface area contributed by atoms with Gasteiger partial charge in [0.15, 0.2) is 0 Å². The molecule has 19 heavy (non-hydrogen) atoms. The summed E-state index contributed by atoms with van der Waals surface area (Å²) < 4.78 is 5.29. The second-order valence-corrected chi connectivity index (χ2v) is 5.47. The number of morpholine rings is 1. The molecule has 0 saturated carbocycles. The van der Waals surface area contributed by atoms with E-state index in [1.807, 2.05) is 0 Å². The van der Waals surface area contributed by atoms with Crippen LogP contribution in [0.4, 0.5) is 0 Å². The smallest absolute Gasteiger partial charge is 0.325 e. The van der Waals surface area contributed by atoms with Gasteiger partial charge in [0.25, 0.3) is 0 Å². The number of hydrogen-bond donors (Lipinski definition) is 2. The second-order valence-electron chi connectivity index (χ2n) is 5.47. The van der Waals surface area contributed by atoms with E-state index in [2.05, 4.69) is 12.2 Å². The minimum Gasteiger partial charge on any atom is -0.460 e. The van der Waals surface area contributed by atoms with E-state index in [-0.39, 0.29) is 18.7 Å². The molecule has 0 radical (unpaired) electrons. The molecule has 4 nitrogen and oxygen atoms in total. The molecule has 0 aromatic heterocycles. The molecule has 2 atom stereocenters. The molecule has 0 amide bonds. The number of carbonyl (C=O) groups is 1. The Kier molecular flexibility index (Phi) is 8.84. The fraction of sp³-hybridized carbons (Fsp3) is 0.933. The zero-order valence-corrected chi connectivity index (χ0v) is 12.2. The molecule has 2 unspecified atom stereocenters. The van der Waals surface area contributed by atoms with Crippen molar-refractivity contribution in [3.05, 3.63) is 0 Å². The number of ether oxygens (including phenoxy) is 1. The summed E-state index contributed by atoms with van der Waals surface area (Å²) in [7, 11) is 0. The van der Waals surface area contributed by atoms with Crippen LogP contribution in [-0.4, -0.2) is 36.4 Å². The van der Waals surface area contributed by atoms with Crippen molar-refractivity contribution < 1.29 is 14.6 Å². The van der Waals surface area contributed by atoms with Crippen molar-refractivity contribution in [3.8, 4) is 0 Å². The third kappa shape index (κ3) is 6.92. The summed E-state index contributed by atoms with van der Waals surface area (Å²) in [5, 5.41) is 11.9. The van der Waals surface area contributed by atoms with Crippen LogP contribution in [0.15, 0.2) is 0 Å². The lowest BCUT2D eigenvalue weighted by molar-refractivity contribution is -0.158. The maximum absolute atomic E-state index is 11.4. The van der Waals surface area contributed by atoms with E-state index in [0.717, 1.165) is 12.8 Å². The number of rotatable bonds is 10. The van der Waals surface area contributed by atoms with E-state index in [9.17, 15) is 4.79 Å². The Morgan fingerprint density at radius 3 is 2.37 bits per heavy atom. The van der Waals surface area contributed by atoms with Crippen LogP contribution in [0.2, 0.25) is 0 Å². The van der Waals surface area contributed by atoms with Crippen LogP contribution in [0, 0.1) is 0 Å². The van der Waals surface area contributed by atoms with Gasteiger partial charge >= 0.3 is 5.97 Å². The highest BCUT2D eigenvalue weighted by Crippen LogP contribution is 2.13. The molecular weight excluding hydrogens is 242 g/mol. The average molecular weight is 271 g/mol. The van der Waals surface area contributed by atoms with Crippen LogP contribution in [0.3, 0.4) is 0 Å². The van der Waals surface area contributed by atoms with Crippen LogP contribution < -0.4 is 5.32 Å². The lowest BCUT2D eigenvalue weighted by Crippen LogP contribution is -2.51. The number of aliphatic hydroxyl groups excluding tert-OH is 1. The highest BCUT2D eigenvalue weighted by Gasteiger charge is 2.28. The van der Waals surface area contributed by atoms with Crippen molar-refractivity contribution in [2.45, 2.75) is 76.9 Å². The van der Waals surface area contributed by atoms with Crippen LogP contribution in [0.5, 0.6) is 0 Å². The van der Waals surface area contributed by atoms with Gasteiger partial charge in [0.2, 0.25) is 0 Å². The van der Waals surface area contributed by atoms with Gasteiger partial charge in [-0.15, -0.1) is 0 Å². The topological polar surface area (TPSA) is 58.6 Å². The second kappa shape index (κ2) is 10.2. The molecule has 1 fully saturated rings. The third-order valence-corrected chi connectivity index (χ3v) is 3.72. The van der Waals surface area contributed by atoms with Crippen molar-refractivity contribution in [1.29, 1.82) is 0 Å². The van der Waals surface area contributed by atoms with Gasteiger partial charge in [-0.25, -0.2) is 0 Å². The molecule has 1 heterocycles. The van der Waals surface area contributed by atoms with Gasteiger partial charge in [-0.05, 0) is 12.8 Å². The summed E-state index contributed by atoms with van der Waals surface area (Å²) in [4.78, 5) is 11.4. The summed E-state index contributed by atoms with van der Waals surface area (Å²) in [6.07, 6.45) is 11.3. The van der Waals surface area contributed by atoms with Crippen molar-refractivity contribution in [3.63, 3.8) is 0 Å². The predicted octanol–water partition coefficient (Wildman–Crippen LogP) is 2.39. The molecule has 0 bridgehead atoms. The van der Waals surface area contributed by atoms with Crippen molar-refractivity contribution >= 4 is 5.97 Å². The highest BCUT2D eigenvalue weighted by molar-refractivity contribution is 5.76. The quantitative estimate of drug-likeness (QED) is 0.473. The Morgan fingerprint density at radius 2 is 1.79 bits per heavy atom. The summed E-state index contributed by atoms with van der Waals surface area (Å²) in [5.74, 6) is -0.307. The normalized spacial score (nSPS) is 23.4. The first-order chi connectivity index (χ1) is 9.27. The Bertz CT molecular complexity index is 246. The average Bonchev–Trinajstić information content (AvgIpc) is 2.42. The number of aliphatic hydroxyl groups is 1. The van der Waals surface area contributed by atoms with Crippen LogP contribution in [-0.2, 0) is 9.53 Å². The molecule has 0 aliphatic carbocycles. The minimum absolute atomic E-state index is 0.00427. The van der Waals surface area contributed by atoms with Crippen molar-refractivity contribution in [2.24, 2.45) is 0 Å². The van der Waals surface area contributed by atoms with Crippen molar-refractivity contribution in [1.82, 2.24) is 5.32 Å². The summed E-state index contributed by atoms with van der Waals surface area (Å²) in [6, 6.07) is -0.519. The van der Waals surface area contributed by atoms with Gasteiger partial charge in [-0.2, -0.15) is 0 Å². The molecule has 0 spiro atoms. The number of cyclic esters (lactones) is 1. The van der Waals surface area contributed by atoms with Gasteiger partial charge in [0.1, 0.15) is 12.1 Å². The van der Waals surface area contributed by atoms with E-state index < -0.39 is 6.04 Å². The zero-order chi connectivity index (χ0) is 13.9. The fourth-order valence-corrected chi connectivity index (χ4v) is 2.45. The van der Waals surface area contributed by atoms with E-state index >= 15 is 0 Å². The minimum atomic E-state index is -0.519. The van der Waals surface area contributed by atoms with E-state index in [0.29, 0.717) is 6.54 Å². The molecule has 4 heteroatoms. The number of esters is 1. The summed E-state index contributed by atoms with van der Waals surface area (Å²) >= 11 is 0. The fourth-order valence-electron chi connectivity index (χ4n) is 2.45. The largest absolute Gasteiger partial charge is 0.460 e. The van der Waals surface area contributed by atoms with Gasteiger partial charge in [-0.3, -0.25) is 10.1 Å². The molecule has 1 saturated heterocycles. The van der Waals surface area contributed by atoms with E-state index in [1.165, 1.54) is 44.9 Å². The monoisotopic (exact) mass is 271 g/mol. The van der Waals surface area contributed by atoms with Gasteiger partial charge in [0.05, 0.1) is 6.61 Å². The first-order valence-electron chi connectivity index (χ1n) is 7.82. The maximum atomic E-state index is 11.4. The zero-order valence-electron chi connectivity index (χ0n) is 12.2. The van der Waals surface area contributed by atoms with E-state index in [4.69, 9.17) is 9.84 Å². The first-order valence-corrected chi connectivity index (χ1v) is 7.82. The SMILES string of the molecule is CCCCCCCCCCC1CNC(CO)C(=O)O1. The molecular formula is C15H29NO3. The number of carbonyl (C=O) groups excluding carboxylic acids is 1. The van der Waals surface area contributed by atoms with Gasteiger partial charge < -0.3 is 9.84 Å².